The first-order valence-electron chi connectivity index (χ1n) is 17.0. The summed E-state index contributed by atoms with van der Waals surface area (Å²) in [7, 11) is 0. The lowest BCUT2D eigenvalue weighted by atomic mass is 9.61. The number of carbonyl (C=O) groups is 1. The number of rotatable bonds is 15. The van der Waals surface area contributed by atoms with Crippen LogP contribution in [0.25, 0.3) is 22.1 Å². The molecular formula is C39H50F6O5. The van der Waals surface area contributed by atoms with Gasteiger partial charge in [-0.2, -0.15) is 26.3 Å². The molecular weight excluding hydrogens is 662 g/mol. The zero-order valence-corrected chi connectivity index (χ0v) is 30.5. The van der Waals surface area contributed by atoms with Crippen LogP contribution in [0.2, 0.25) is 0 Å². The molecule has 0 aliphatic carbocycles. The second-order valence-corrected chi connectivity index (χ2v) is 15.6. The average molecular weight is 713 g/mol. The SMILES string of the molecule is CCCCCc1ccc(-c2cc3ccc(OCC(F)(F)C(F)(F)C(F)(F)COC(=O)C(C)(CC(C)(C)C)C(C)(C)C)cc3oc2=O)c(CC)c1. The zero-order valence-electron chi connectivity index (χ0n) is 30.5. The van der Waals surface area contributed by atoms with E-state index in [4.69, 9.17) is 9.15 Å². The van der Waals surface area contributed by atoms with Crippen LogP contribution in [0.5, 0.6) is 5.75 Å². The Kier molecular flexibility index (Phi) is 12.3. The largest absolute Gasteiger partial charge is 0.487 e. The Labute approximate surface area is 290 Å². The zero-order chi connectivity index (χ0) is 37.9. The molecule has 0 amide bonds. The van der Waals surface area contributed by atoms with Crippen molar-refractivity contribution in [2.75, 3.05) is 13.2 Å². The number of alkyl halides is 6. The summed E-state index contributed by atoms with van der Waals surface area (Å²) in [5.41, 5.74) is -0.374. The third-order valence-corrected chi connectivity index (χ3v) is 9.33. The quantitative estimate of drug-likeness (QED) is 0.0679. The Morgan fingerprint density at radius 1 is 0.780 bits per heavy atom. The Bertz CT molecular complexity index is 1700. The maximum Gasteiger partial charge on any atom is 0.378 e. The van der Waals surface area contributed by atoms with Crippen LogP contribution in [0.4, 0.5) is 26.3 Å². The molecule has 2 aromatic carbocycles. The minimum Gasteiger partial charge on any atom is -0.487 e. The van der Waals surface area contributed by atoms with Gasteiger partial charge in [0, 0.05) is 11.5 Å². The van der Waals surface area contributed by atoms with E-state index >= 15 is 0 Å². The van der Waals surface area contributed by atoms with E-state index in [1.165, 1.54) is 19.1 Å². The molecule has 5 nitrogen and oxygen atoms in total. The summed E-state index contributed by atoms with van der Waals surface area (Å²) in [6.07, 6.45) is 5.01. The second kappa shape index (κ2) is 15.0. The molecule has 0 saturated carbocycles. The van der Waals surface area contributed by atoms with E-state index in [-0.39, 0.29) is 12.0 Å². The third kappa shape index (κ3) is 9.04. The van der Waals surface area contributed by atoms with E-state index in [1.807, 2.05) is 39.8 Å². The maximum absolute atomic E-state index is 14.8. The topological polar surface area (TPSA) is 65.7 Å². The molecule has 1 unspecified atom stereocenters. The van der Waals surface area contributed by atoms with Gasteiger partial charge in [-0.15, -0.1) is 0 Å². The molecule has 0 fully saturated rings. The van der Waals surface area contributed by atoms with Gasteiger partial charge in [0.2, 0.25) is 0 Å². The number of halogens is 6. The van der Waals surface area contributed by atoms with Crippen LogP contribution in [0.3, 0.4) is 0 Å². The van der Waals surface area contributed by atoms with Gasteiger partial charge in [-0.05, 0) is 78.3 Å². The van der Waals surface area contributed by atoms with E-state index in [1.54, 1.807) is 26.8 Å². The molecule has 1 atom stereocenters. The average Bonchev–Trinajstić information content (AvgIpc) is 3.00. The van der Waals surface area contributed by atoms with E-state index in [0.29, 0.717) is 22.9 Å². The molecule has 1 aromatic heterocycles. The summed E-state index contributed by atoms with van der Waals surface area (Å²) in [5.74, 6) is -18.4. The van der Waals surface area contributed by atoms with Gasteiger partial charge in [0.15, 0.2) is 13.2 Å². The van der Waals surface area contributed by atoms with Crippen LogP contribution >= 0.6 is 0 Å². The van der Waals surface area contributed by atoms with Gasteiger partial charge < -0.3 is 13.9 Å². The van der Waals surface area contributed by atoms with E-state index in [9.17, 15) is 35.9 Å². The molecule has 3 aromatic rings. The summed E-state index contributed by atoms with van der Waals surface area (Å²) < 4.78 is 104. The van der Waals surface area contributed by atoms with Crippen molar-refractivity contribution in [1.82, 2.24) is 0 Å². The molecule has 50 heavy (non-hydrogen) atoms. The van der Waals surface area contributed by atoms with Crippen molar-refractivity contribution in [3.8, 4) is 16.9 Å². The summed E-state index contributed by atoms with van der Waals surface area (Å²) in [6, 6.07) is 11.1. The van der Waals surface area contributed by atoms with Gasteiger partial charge in [-0.3, -0.25) is 4.79 Å². The molecule has 0 aliphatic heterocycles. The summed E-state index contributed by atoms with van der Waals surface area (Å²) in [4.78, 5) is 26.0. The number of benzene rings is 2. The molecule has 0 spiro atoms. The third-order valence-electron chi connectivity index (χ3n) is 9.33. The lowest BCUT2D eigenvalue weighted by molar-refractivity contribution is -0.323. The van der Waals surface area contributed by atoms with E-state index in [0.717, 1.165) is 42.9 Å². The highest BCUT2D eigenvalue weighted by molar-refractivity contribution is 5.83. The van der Waals surface area contributed by atoms with Crippen molar-refractivity contribution in [3.63, 3.8) is 0 Å². The smallest absolute Gasteiger partial charge is 0.378 e. The predicted octanol–water partition coefficient (Wildman–Crippen LogP) is 11.1. The molecule has 278 valence electrons. The van der Waals surface area contributed by atoms with Crippen LogP contribution in [-0.2, 0) is 22.4 Å². The van der Waals surface area contributed by atoms with Crippen molar-refractivity contribution in [2.45, 2.75) is 119 Å². The fraction of sp³-hybridized carbons (Fsp3) is 0.590. The summed E-state index contributed by atoms with van der Waals surface area (Å²) >= 11 is 0. The van der Waals surface area contributed by atoms with Crippen LogP contribution < -0.4 is 10.4 Å². The van der Waals surface area contributed by atoms with Crippen molar-refractivity contribution < 1.29 is 45.0 Å². The number of unbranched alkanes of at least 4 members (excludes halogenated alkanes) is 2. The normalized spacial score (nSPS) is 14.5. The van der Waals surface area contributed by atoms with Crippen LogP contribution in [0.15, 0.2) is 51.7 Å². The van der Waals surface area contributed by atoms with Gasteiger partial charge in [0.1, 0.15) is 11.3 Å². The Morgan fingerprint density at radius 3 is 2.00 bits per heavy atom. The molecule has 11 heteroatoms. The minimum atomic E-state index is -5.96. The lowest BCUT2D eigenvalue weighted by Gasteiger charge is -2.43. The first-order valence-corrected chi connectivity index (χ1v) is 17.0. The highest BCUT2D eigenvalue weighted by atomic mass is 19.3. The Balaban J connectivity index is 1.78. The minimum absolute atomic E-state index is 0.0741. The summed E-state index contributed by atoms with van der Waals surface area (Å²) in [5, 5.41) is 0.403. The van der Waals surface area contributed by atoms with Gasteiger partial charge >= 0.3 is 29.4 Å². The van der Waals surface area contributed by atoms with Gasteiger partial charge in [0.05, 0.1) is 11.0 Å². The number of fused-ring (bicyclic) bond motifs is 1. The van der Waals surface area contributed by atoms with Crippen LogP contribution in [-0.4, -0.2) is 37.0 Å². The molecule has 0 saturated heterocycles. The van der Waals surface area contributed by atoms with Gasteiger partial charge in [-0.1, -0.05) is 86.4 Å². The van der Waals surface area contributed by atoms with Crippen molar-refractivity contribution in [3.05, 3.63) is 64.0 Å². The van der Waals surface area contributed by atoms with Crippen molar-refractivity contribution >= 4 is 16.9 Å². The fourth-order valence-electron chi connectivity index (χ4n) is 5.95. The maximum atomic E-state index is 14.8. The van der Waals surface area contributed by atoms with Crippen LogP contribution in [0, 0.1) is 16.2 Å². The number of aryl methyl sites for hydroxylation is 2. The number of ether oxygens (including phenoxy) is 2. The van der Waals surface area contributed by atoms with Crippen molar-refractivity contribution in [1.29, 1.82) is 0 Å². The molecule has 0 aliphatic rings. The number of esters is 1. The highest BCUT2D eigenvalue weighted by Crippen LogP contribution is 2.49. The van der Waals surface area contributed by atoms with Gasteiger partial charge in [0.25, 0.3) is 0 Å². The van der Waals surface area contributed by atoms with Crippen LogP contribution in [0.1, 0.15) is 99.1 Å². The lowest BCUT2D eigenvalue weighted by Crippen LogP contribution is -2.59. The predicted molar refractivity (Wildman–Crippen MR) is 183 cm³/mol. The number of carbonyl (C=O) groups excluding carboxylic acids is 1. The van der Waals surface area contributed by atoms with E-state index in [2.05, 4.69) is 17.7 Å². The molecule has 0 N–H and O–H groups in total. The second-order valence-electron chi connectivity index (χ2n) is 15.6. The summed E-state index contributed by atoms with van der Waals surface area (Å²) in [6.45, 7) is 11.6. The fourth-order valence-corrected chi connectivity index (χ4v) is 5.95. The Hall–Kier alpha value is -3.50. The standard InChI is InChI=1S/C39H50F6O5/c1-10-12-13-14-25-15-18-29(26(11-2)19-25)30-20-27-16-17-28(21-31(27)50-32(30)46)48-23-37(40,41)39(44,45)38(42,43)24-49-33(47)36(9,35(6,7)8)22-34(3,4)5/h15-21H,10-14,22-24H2,1-9H3. The molecule has 1 heterocycles. The molecule has 3 rings (SSSR count). The molecule has 0 radical (unpaired) electrons. The first-order chi connectivity index (χ1) is 22.9. The van der Waals surface area contributed by atoms with Gasteiger partial charge in [-0.25, -0.2) is 4.79 Å². The number of hydrogen-bond acceptors (Lipinski definition) is 5. The van der Waals surface area contributed by atoms with Crippen molar-refractivity contribution in [2.24, 2.45) is 16.2 Å². The number of hydrogen-bond donors (Lipinski definition) is 0. The van der Waals surface area contributed by atoms with E-state index < -0.39 is 64.6 Å². The Morgan fingerprint density at radius 2 is 1.42 bits per heavy atom. The first kappa shape index (κ1) is 40.9. The highest BCUT2D eigenvalue weighted by Gasteiger charge is 2.72. The molecule has 0 bridgehead atoms. The monoisotopic (exact) mass is 712 g/mol.